The molecule has 1 N–H and O–H groups in total. The zero-order valence-corrected chi connectivity index (χ0v) is 10.5. The van der Waals surface area contributed by atoms with Crippen LogP contribution in [0.15, 0.2) is 0 Å². The van der Waals surface area contributed by atoms with Crippen molar-refractivity contribution in [2.45, 2.75) is 76.3 Å². The normalized spacial score (nSPS) is 36.9. The van der Waals surface area contributed by atoms with Gasteiger partial charge in [0.2, 0.25) is 0 Å². The Balaban J connectivity index is 1.91. The van der Waals surface area contributed by atoms with E-state index in [4.69, 9.17) is 0 Å². The van der Waals surface area contributed by atoms with Crippen LogP contribution in [0.1, 0.15) is 64.7 Å². The van der Waals surface area contributed by atoms with E-state index >= 15 is 0 Å². The molecule has 0 unspecified atom stereocenters. The van der Waals surface area contributed by atoms with Crippen LogP contribution < -0.4 is 5.32 Å². The van der Waals surface area contributed by atoms with Crippen molar-refractivity contribution in [3.05, 3.63) is 0 Å². The monoisotopic (exact) mass is 220 g/mol. The van der Waals surface area contributed by atoms with Gasteiger partial charge in [-0.2, -0.15) is 5.26 Å². The van der Waals surface area contributed by atoms with Crippen molar-refractivity contribution < 1.29 is 0 Å². The molecule has 2 aliphatic rings. The molecule has 0 heterocycles. The fraction of sp³-hybridized carbons (Fsp3) is 0.929. The summed E-state index contributed by atoms with van der Waals surface area (Å²) in [6, 6.07) is 3.19. The maximum absolute atomic E-state index is 9.45. The van der Waals surface area contributed by atoms with Crippen LogP contribution in [-0.2, 0) is 0 Å². The lowest BCUT2D eigenvalue weighted by Crippen LogP contribution is -2.51. The van der Waals surface area contributed by atoms with Crippen molar-refractivity contribution >= 4 is 0 Å². The zero-order valence-electron chi connectivity index (χ0n) is 10.5. The number of hydrogen-bond donors (Lipinski definition) is 1. The number of nitrogens with one attached hydrogen (secondary N) is 1. The Kier molecular flexibility index (Phi) is 3.86. The summed E-state index contributed by atoms with van der Waals surface area (Å²) in [6.07, 6.45) is 11.2. The Morgan fingerprint density at radius 2 is 1.69 bits per heavy atom. The van der Waals surface area contributed by atoms with E-state index in [0.717, 1.165) is 18.8 Å². The standard InChI is InChI=1S/C14H24N2/c1-12-7-9-14(11-15,10-8-12)16-13-5-3-2-4-6-13/h12-13,16H,2-10H2,1H3. The van der Waals surface area contributed by atoms with Crippen LogP contribution in [0.3, 0.4) is 0 Å². The Morgan fingerprint density at radius 3 is 2.25 bits per heavy atom. The summed E-state index contributed by atoms with van der Waals surface area (Å²) in [7, 11) is 0. The quantitative estimate of drug-likeness (QED) is 0.774. The summed E-state index contributed by atoms with van der Waals surface area (Å²) in [5.41, 5.74) is -0.186. The molecule has 90 valence electrons. The Bertz CT molecular complexity index is 252. The van der Waals surface area contributed by atoms with Crippen LogP contribution in [0.4, 0.5) is 0 Å². The fourth-order valence-corrected chi connectivity index (χ4v) is 3.18. The zero-order chi connectivity index (χ0) is 11.4. The van der Waals surface area contributed by atoms with Gasteiger partial charge in [0.1, 0.15) is 5.54 Å². The minimum absolute atomic E-state index is 0.186. The first-order valence-corrected chi connectivity index (χ1v) is 6.93. The number of rotatable bonds is 2. The van der Waals surface area contributed by atoms with E-state index in [1.54, 1.807) is 0 Å². The van der Waals surface area contributed by atoms with Gasteiger partial charge in [-0.25, -0.2) is 0 Å². The van der Waals surface area contributed by atoms with Gasteiger partial charge in [0.25, 0.3) is 0 Å². The molecule has 0 saturated heterocycles. The number of nitrogens with zero attached hydrogens (tertiary/aromatic N) is 1. The molecular formula is C14H24N2. The van der Waals surface area contributed by atoms with Crippen LogP contribution in [-0.4, -0.2) is 11.6 Å². The molecule has 0 radical (unpaired) electrons. The highest BCUT2D eigenvalue weighted by Gasteiger charge is 2.36. The number of hydrogen-bond acceptors (Lipinski definition) is 2. The van der Waals surface area contributed by atoms with Gasteiger partial charge in [0.15, 0.2) is 0 Å². The second kappa shape index (κ2) is 5.19. The van der Waals surface area contributed by atoms with Crippen molar-refractivity contribution in [2.75, 3.05) is 0 Å². The summed E-state index contributed by atoms with van der Waals surface area (Å²) < 4.78 is 0. The highest BCUT2D eigenvalue weighted by molar-refractivity contribution is 5.10. The summed E-state index contributed by atoms with van der Waals surface area (Å²) in [5.74, 6) is 0.814. The largest absolute Gasteiger partial charge is 0.297 e. The lowest BCUT2D eigenvalue weighted by molar-refractivity contribution is 0.209. The molecule has 2 rings (SSSR count). The maximum Gasteiger partial charge on any atom is 0.107 e. The third-order valence-corrected chi connectivity index (χ3v) is 4.43. The van der Waals surface area contributed by atoms with Crippen LogP contribution in [0.2, 0.25) is 0 Å². The van der Waals surface area contributed by atoms with Crippen molar-refractivity contribution in [1.29, 1.82) is 5.26 Å². The van der Waals surface area contributed by atoms with E-state index in [0.29, 0.717) is 6.04 Å². The highest BCUT2D eigenvalue weighted by Crippen LogP contribution is 2.33. The first kappa shape index (κ1) is 11.9. The molecule has 2 saturated carbocycles. The van der Waals surface area contributed by atoms with Crippen molar-refractivity contribution in [2.24, 2.45) is 5.92 Å². The summed E-state index contributed by atoms with van der Waals surface area (Å²) in [4.78, 5) is 0. The number of nitriles is 1. The average Bonchev–Trinajstić information content (AvgIpc) is 2.34. The minimum Gasteiger partial charge on any atom is -0.297 e. The lowest BCUT2D eigenvalue weighted by atomic mass is 9.77. The van der Waals surface area contributed by atoms with Crippen molar-refractivity contribution in [3.8, 4) is 6.07 Å². The molecule has 0 aromatic rings. The van der Waals surface area contributed by atoms with Gasteiger partial charge in [0, 0.05) is 6.04 Å². The van der Waals surface area contributed by atoms with Crippen LogP contribution in [0.5, 0.6) is 0 Å². The topological polar surface area (TPSA) is 35.8 Å². The van der Waals surface area contributed by atoms with E-state index in [-0.39, 0.29) is 5.54 Å². The molecule has 0 aliphatic heterocycles. The third-order valence-electron chi connectivity index (χ3n) is 4.43. The van der Waals surface area contributed by atoms with Crippen LogP contribution >= 0.6 is 0 Å². The molecular weight excluding hydrogens is 196 g/mol. The van der Waals surface area contributed by atoms with Gasteiger partial charge in [-0.1, -0.05) is 26.2 Å². The van der Waals surface area contributed by atoms with E-state index in [9.17, 15) is 5.26 Å². The SMILES string of the molecule is CC1CCC(C#N)(NC2CCCCC2)CC1. The molecule has 0 aromatic carbocycles. The second-order valence-electron chi connectivity index (χ2n) is 5.86. The molecule has 2 heteroatoms. The van der Waals surface area contributed by atoms with Crippen LogP contribution in [0.25, 0.3) is 0 Å². The van der Waals surface area contributed by atoms with Gasteiger partial charge < -0.3 is 0 Å². The first-order chi connectivity index (χ1) is 7.74. The fourth-order valence-electron chi connectivity index (χ4n) is 3.18. The third kappa shape index (κ3) is 2.77. The summed E-state index contributed by atoms with van der Waals surface area (Å²) >= 11 is 0. The molecule has 0 atom stereocenters. The van der Waals surface area contributed by atoms with E-state index in [1.165, 1.54) is 44.9 Å². The lowest BCUT2D eigenvalue weighted by Gasteiger charge is -2.38. The van der Waals surface area contributed by atoms with E-state index in [1.807, 2.05) is 0 Å². The minimum atomic E-state index is -0.186. The first-order valence-electron chi connectivity index (χ1n) is 6.93. The molecule has 0 spiro atoms. The van der Waals surface area contributed by atoms with Gasteiger partial charge >= 0.3 is 0 Å². The predicted molar refractivity (Wildman–Crippen MR) is 66.0 cm³/mol. The smallest absolute Gasteiger partial charge is 0.107 e. The van der Waals surface area contributed by atoms with Gasteiger partial charge in [-0.05, 0) is 44.4 Å². The van der Waals surface area contributed by atoms with E-state index in [2.05, 4.69) is 18.3 Å². The van der Waals surface area contributed by atoms with Crippen molar-refractivity contribution in [1.82, 2.24) is 5.32 Å². The molecule has 2 fully saturated rings. The van der Waals surface area contributed by atoms with E-state index < -0.39 is 0 Å². The second-order valence-corrected chi connectivity index (χ2v) is 5.86. The maximum atomic E-state index is 9.45. The molecule has 0 aromatic heterocycles. The average molecular weight is 220 g/mol. The molecule has 0 bridgehead atoms. The molecule has 2 nitrogen and oxygen atoms in total. The van der Waals surface area contributed by atoms with Crippen molar-refractivity contribution in [3.63, 3.8) is 0 Å². The van der Waals surface area contributed by atoms with Gasteiger partial charge in [-0.15, -0.1) is 0 Å². The molecule has 2 aliphatic carbocycles. The Morgan fingerprint density at radius 1 is 1.06 bits per heavy atom. The molecule has 16 heavy (non-hydrogen) atoms. The van der Waals surface area contributed by atoms with Gasteiger partial charge in [-0.3, -0.25) is 5.32 Å². The summed E-state index contributed by atoms with van der Waals surface area (Å²) in [5, 5.41) is 13.1. The predicted octanol–water partition coefficient (Wildman–Crippen LogP) is 3.38. The Hall–Kier alpha value is -0.550. The van der Waals surface area contributed by atoms with Gasteiger partial charge in [0.05, 0.1) is 6.07 Å². The highest BCUT2D eigenvalue weighted by atomic mass is 15.0. The molecule has 0 amide bonds. The van der Waals surface area contributed by atoms with Crippen LogP contribution in [0, 0.1) is 17.2 Å². The summed E-state index contributed by atoms with van der Waals surface area (Å²) in [6.45, 7) is 2.31. The Labute approximate surface area is 99.4 Å².